The molecule has 8 heteroatoms. The molecule has 0 bridgehead atoms. The van der Waals surface area contributed by atoms with Crippen LogP contribution in [0, 0.1) is 5.92 Å². The Morgan fingerprint density at radius 3 is 2.52 bits per heavy atom. The number of piperazine rings is 1. The van der Waals surface area contributed by atoms with Crippen LogP contribution in [-0.4, -0.2) is 75.4 Å². The minimum absolute atomic E-state index is 0.0513. The zero-order valence-corrected chi connectivity index (χ0v) is 17.4. The molecule has 0 aliphatic carbocycles. The topological polar surface area (TPSA) is 85.9 Å². The molecule has 2 heterocycles. The molecule has 2 fully saturated rings. The zero-order valence-electron chi connectivity index (χ0n) is 17.4. The van der Waals surface area contributed by atoms with Gasteiger partial charge in [0.25, 0.3) is 0 Å². The van der Waals surface area contributed by atoms with Gasteiger partial charge in [-0.25, -0.2) is 4.79 Å². The Hall–Kier alpha value is -2.32. The first-order chi connectivity index (χ1) is 14.0. The Labute approximate surface area is 172 Å². The van der Waals surface area contributed by atoms with Crippen molar-refractivity contribution in [3.8, 4) is 0 Å². The van der Waals surface area contributed by atoms with E-state index in [1.807, 2.05) is 24.3 Å². The van der Waals surface area contributed by atoms with Crippen molar-refractivity contribution in [3.63, 3.8) is 0 Å². The van der Waals surface area contributed by atoms with Crippen molar-refractivity contribution < 1.29 is 14.3 Å². The first kappa shape index (κ1) is 21.4. The maximum absolute atomic E-state index is 12.3. The third-order valence-electron chi connectivity index (χ3n) is 5.55. The molecule has 3 rings (SSSR count). The highest BCUT2D eigenvalue weighted by Crippen LogP contribution is 2.16. The van der Waals surface area contributed by atoms with Gasteiger partial charge in [-0.2, -0.15) is 0 Å². The second-order valence-electron chi connectivity index (χ2n) is 7.96. The van der Waals surface area contributed by atoms with Crippen LogP contribution < -0.4 is 20.9 Å². The molecule has 1 atom stereocenters. The van der Waals surface area contributed by atoms with E-state index in [-0.39, 0.29) is 11.9 Å². The van der Waals surface area contributed by atoms with Gasteiger partial charge in [-0.1, -0.05) is 26.0 Å². The minimum Gasteiger partial charge on any atom is -0.379 e. The van der Waals surface area contributed by atoms with Crippen molar-refractivity contribution in [1.82, 2.24) is 20.9 Å². The lowest BCUT2D eigenvalue weighted by Gasteiger charge is -2.36. The highest BCUT2D eigenvalue weighted by atomic mass is 16.5. The Kier molecular flexibility index (Phi) is 7.71. The third kappa shape index (κ3) is 6.33. The van der Waals surface area contributed by atoms with Crippen molar-refractivity contribution in [2.45, 2.75) is 26.4 Å². The van der Waals surface area contributed by atoms with Gasteiger partial charge in [0.2, 0.25) is 5.91 Å². The van der Waals surface area contributed by atoms with Crippen LogP contribution in [0.3, 0.4) is 0 Å². The number of carbonyl (C=O) groups excluding carboxylic acids is 2. The van der Waals surface area contributed by atoms with Crippen molar-refractivity contribution in [3.05, 3.63) is 29.8 Å². The highest BCUT2D eigenvalue weighted by Gasteiger charge is 2.24. The predicted octanol–water partition coefficient (Wildman–Crippen LogP) is 0.779. The summed E-state index contributed by atoms with van der Waals surface area (Å²) in [6.07, 6.45) is 0. The van der Waals surface area contributed by atoms with Crippen LogP contribution >= 0.6 is 0 Å². The lowest BCUT2D eigenvalue weighted by atomic mass is 10.0. The van der Waals surface area contributed by atoms with E-state index < -0.39 is 0 Å². The molecule has 2 saturated heterocycles. The summed E-state index contributed by atoms with van der Waals surface area (Å²) in [5, 5.41) is 8.77. The molecule has 1 unspecified atom stereocenters. The van der Waals surface area contributed by atoms with E-state index in [0.29, 0.717) is 38.1 Å². The maximum atomic E-state index is 12.3. The molecule has 2 aliphatic heterocycles. The van der Waals surface area contributed by atoms with Crippen LogP contribution in [0.25, 0.3) is 0 Å². The van der Waals surface area contributed by atoms with Crippen LogP contribution in [0.5, 0.6) is 0 Å². The normalized spacial score (nSPS) is 19.0. The molecule has 160 valence electrons. The molecule has 0 spiro atoms. The average molecular weight is 404 g/mol. The second kappa shape index (κ2) is 10.5. The number of nitrogens with zero attached hydrogens (tertiary/aromatic N) is 2. The van der Waals surface area contributed by atoms with Crippen LogP contribution in [-0.2, 0) is 16.1 Å². The summed E-state index contributed by atoms with van der Waals surface area (Å²) in [6.45, 7) is 10.7. The summed E-state index contributed by atoms with van der Waals surface area (Å²) in [4.78, 5) is 28.2. The molecule has 3 amide bonds. The van der Waals surface area contributed by atoms with Crippen LogP contribution in [0.4, 0.5) is 10.5 Å². The number of rotatable bonds is 7. The Morgan fingerprint density at radius 1 is 1.14 bits per heavy atom. The number of morpholine rings is 1. The van der Waals surface area contributed by atoms with Gasteiger partial charge in [0.15, 0.2) is 0 Å². The molecule has 8 nitrogen and oxygen atoms in total. The third-order valence-corrected chi connectivity index (χ3v) is 5.55. The van der Waals surface area contributed by atoms with Crippen molar-refractivity contribution in [2.75, 3.05) is 57.4 Å². The molecule has 0 aromatic heterocycles. The van der Waals surface area contributed by atoms with Gasteiger partial charge in [-0.3, -0.25) is 9.69 Å². The molecule has 29 heavy (non-hydrogen) atoms. The lowest BCUT2D eigenvalue weighted by molar-refractivity contribution is -0.120. The minimum atomic E-state index is -0.152. The number of hydrogen-bond acceptors (Lipinski definition) is 5. The zero-order chi connectivity index (χ0) is 20.6. The SMILES string of the molecule is CC(C)C(CNC(=O)NCc1ccc(N2CCNC(=O)C2)cc1)N1CCOCC1. The fourth-order valence-corrected chi connectivity index (χ4v) is 3.82. The largest absolute Gasteiger partial charge is 0.379 e. The summed E-state index contributed by atoms with van der Waals surface area (Å²) in [5.74, 6) is 0.508. The molecule has 3 N–H and O–H groups in total. The molecule has 0 radical (unpaired) electrons. The molecular formula is C21H33N5O3. The Balaban J connectivity index is 1.43. The summed E-state index contributed by atoms with van der Waals surface area (Å²) in [7, 11) is 0. The van der Waals surface area contributed by atoms with Gasteiger partial charge in [0, 0.05) is 51.0 Å². The highest BCUT2D eigenvalue weighted by molar-refractivity contribution is 5.82. The quantitative estimate of drug-likeness (QED) is 0.626. The second-order valence-corrected chi connectivity index (χ2v) is 7.96. The monoisotopic (exact) mass is 403 g/mol. The van der Waals surface area contributed by atoms with Gasteiger partial charge in [0.1, 0.15) is 0 Å². The van der Waals surface area contributed by atoms with Crippen molar-refractivity contribution in [2.24, 2.45) is 5.92 Å². The molecule has 2 aliphatic rings. The smallest absolute Gasteiger partial charge is 0.315 e. The number of anilines is 1. The molecular weight excluding hydrogens is 370 g/mol. The number of nitrogens with one attached hydrogen (secondary N) is 3. The van der Waals surface area contributed by atoms with Gasteiger partial charge in [-0.15, -0.1) is 0 Å². The number of ether oxygens (including phenoxy) is 1. The van der Waals surface area contributed by atoms with Gasteiger partial charge in [0.05, 0.1) is 19.8 Å². The number of carbonyl (C=O) groups is 2. The van der Waals surface area contributed by atoms with E-state index >= 15 is 0 Å². The Bertz CT molecular complexity index is 673. The van der Waals surface area contributed by atoms with Gasteiger partial charge in [-0.05, 0) is 23.6 Å². The number of amides is 3. The standard InChI is InChI=1S/C21H33N5O3/c1-16(2)19(25-9-11-29-12-10-25)14-24-21(28)23-13-17-3-5-18(6-4-17)26-8-7-22-20(27)15-26/h3-6,16,19H,7-15H2,1-2H3,(H,22,27)(H2,23,24,28). The molecule has 1 aromatic rings. The van der Waals surface area contributed by atoms with E-state index in [1.165, 1.54) is 0 Å². The van der Waals surface area contributed by atoms with E-state index in [2.05, 4.69) is 39.6 Å². The van der Waals surface area contributed by atoms with Gasteiger partial charge >= 0.3 is 6.03 Å². The van der Waals surface area contributed by atoms with Crippen LogP contribution in [0.15, 0.2) is 24.3 Å². The molecule has 0 saturated carbocycles. The molecule has 1 aromatic carbocycles. The number of urea groups is 1. The summed E-state index contributed by atoms with van der Waals surface area (Å²) >= 11 is 0. The van der Waals surface area contributed by atoms with E-state index in [1.54, 1.807) is 0 Å². The first-order valence-corrected chi connectivity index (χ1v) is 10.5. The number of hydrogen-bond donors (Lipinski definition) is 3. The number of benzene rings is 1. The lowest BCUT2D eigenvalue weighted by Crippen LogP contribution is -2.52. The van der Waals surface area contributed by atoms with E-state index in [9.17, 15) is 9.59 Å². The van der Waals surface area contributed by atoms with E-state index in [0.717, 1.165) is 44.1 Å². The maximum Gasteiger partial charge on any atom is 0.315 e. The predicted molar refractivity (Wildman–Crippen MR) is 113 cm³/mol. The fourth-order valence-electron chi connectivity index (χ4n) is 3.82. The van der Waals surface area contributed by atoms with Crippen molar-refractivity contribution >= 4 is 17.6 Å². The van der Waals surface area contributed by atoms with Crippen LogP contribution in [0.2, 0.25) is 0 Å². The van der Waals surface area contributed by atoms with Crippen LogP contribution in [0.1, 0.15) is 19.4 Å². The summed E-state index contributed by atoms with van der Waals surface area (Å²) in [5.41, 5.74) is 2.05. The first-order valence-electron chi connectivity index (χ1n) is 10.5. The van der Waals surface area contributed by atoms with Gasteiger partial charge < -0.3 is 25.6 Å². The summed E-state index contributed by atoms with van der Waals surface area (Å²) in [6, 6.07) is 8.15. The Morgan fingerprint density at radius 2 is 1.86 bits per heavy atom. The van der Waals surface area contributed by atoms with Crippen molar-refractivity contribution in [1.29, 1.82) is 0 Å². The fraction of sp³-hybridized carbons (Fsp3) is 0.619. The average Bonchev–Trinajstić information content (AvgIpc) is 2.73. The summed E-state index contributed by atoms with van der Waals surface area (Å²) < 4.78 is 5.43. The van der Waals surface area contributed by atoms with E-state index in [4.69, 9.17) is 4.74 Å².